The van der Waals surface area contributed by atoms with Crippen molar-refractivity contribution in [2.24, 2.45) is 0 Å². The largest absolute Gasteiger partial charge is 0.494 e. The molecular weight excluding hydrogens is 211 g/mol. The molecule has 1 heterocycles. The van der Waals surface area contributed by atoms with Gasteiger partial charge < -0.3 is 9.31 Å². The number of hydrogen-bond donors (Lipinski definition) is 0. The zero-order valence-electron chi connectivity index (χ0n) is 10.8. The van der Waals surface area contributed by atoms with E-state index in [1.807, 2.05) is 18.2 Å². The third-order valence-electron chi connectivity index (χ3n) is 3.19. The van der Waals surface area contributed by atoms with Gasteiger partial charge in [0.1, 0.15) is 0 Å². The maximum Gasteiger partial charge on any atom is 0.494 e. The van der Waals surface area contributed by atoms with Crippen LogP contribution in [0, 0.1) is 0 Å². The van der Waals surface area contributed by atoms with Crippen molar-refractivity contribution >= 4 is 12.6 Å². The van der Waals surface area contributed by atoms with Gasteiger partial charge >= 0.3 is 7.12 Å². The first kappa shape index (κ1) is 12.7. The van der Waals surface area contributed by atoms with E-state index in [0.29, 0.717) is 0 Å². The molecule has 0 bridgehead atoms. The first-order chi connectivity index (χ1) is 8.17. The van der Waals surface area contributed by atoms with Gasteiger partial charge in [-0.25, -0.2) is 0 Å². The first-order valence-electron chi connectivity index (χ1n) is 6.52. The minimum absolute atomic E-state index is 0.106. The molecule has 3 heteroatoms. The molecule has 1 aromatic carbocycles. The molecule has 0 aromatic heterocycles. The molecule has 0 unspecified atom stereocenters. The lowest BCUT2D eigenvalue weighted by atomic mass is 9.77. The quantitative estimate of drug-likeness (QED) is 0.693. The van der Waals surface area contributed by atoms with Gasteiger partial charge in [-0.2, -0.15) is 0 Å². The predicted octanol–water partition coefficient (Wildman–Crippen LogP) is 2.77. The van der Waals surface area contributed by atoms with Crippen molar-refractivity contribution in [2.75, 3.05) is 6.61 Å². The van der Waals surface area contributed by atoms with Crippen LogP contribution in [0.5, 0.6) is 0 Å². The van der Waals surface area contributed by atoms with Gasteiger partial charge in [-0.1, -0.05) is 43.2 Å². The van der Waals surface area contributed by atoms with Gasteiger partial charge in [-0.05, 0) is 32.2 Å². The summed E-state index contributed by atoms with van der Waals surface area (Å²) in [6, 6.07) is 10.2. The Hall–Kier alpha value is -0.795. The normalized spacial score (nSPS) is 21.4. The Balaban J connectivity index is 2.12. The average Bonchev–Trinajstić information content (AvgIpc) is 2.40. The second kappa shape index (κ2) is 5.70. The summed E-state index contributed by atoms with van der Waals surface area (Å²) < 4.78 is 12.0. The molecule has 1 aliphatic rings. The zero-order valence-corrected chi connectivity index (χ0v) is 10.8. The van der Waals surface area contributed by atoms with Crippen LogP contribution in [-0.2, 0) is 9.31 Å². The van der Waals surface area contributed by atoms with Crippen LogP contribution in [-0.4, -0.2) is 19.3 Å². The molecule has 17 heavy (non-hydrogen) atoms. The van der Waals surface area contributed by atoms with Crippen molar-refractivity contribution < 1.29 is 9.31 Å². The SMILES string of the molecule is CC1(C)CCCCCOB(c2ccccc2)O1. The van der Waals surface area contributed by atoms with Crippen molar-refractivity contribution in [1.29, 1.82) is 0 Å². The van der Waals surface area contributed by atoms with Crippen LogP contribution >= 0.6 is 0 Å². The fraction of sp³-hybridized carbons (Fsp3) is 0.571. The Kier molecular flexibility index (Phi) is 4.24. The van der Waals surface area contributed by atoms with Crippen LogP contribution < -0.4 is 5.46 Å². The lowest BCUT2D eigenvalue weighted by Crippen LogP contribution is -2.43. The Labute approximate surface area is 104 Å². The van der Waals surface area contributed by atoms with Crippen molar-refractivity contribution in [3.8, 4) is 0 Å². The van der Waals surface area contributed by atoms with E-state index >= 15 is 0 Å². The highest BCUT2D eigenvalue weighted by Crippen LogP contribution is 2.21. The molecule has 0 N–H and O–H groups in total. The van der Waals surface area contributed by atoms with Crippen molar-refractivity contribution in [3.05, 3.63) is 30.3 Å². The Bertz CT molecular complexity index is 337. The lowest BCUT2D eigenvalue weighted by Gasteiger charge is -2.28. The van der Waals surface area contributed by atoms with Gasteiger partial charge in [0.05, 0.1) is 0 Å². The molecule has 2 rings (SSSR count). The highest BCUT2D eigenvalue weighted by Gasteiger charge is 2.30. The molecule has 1 fully saturated rings. The number of benzene rings is 1. The minimum Gasteiger partial charge on any atom is -0.407 e. The van der Waals surface area contributed by atoms with Crippen LogP contribution in [0.4, 0.5) is 0 Å². The topological polar surface area (TPSA) is 18.5 Å². The van der Waals surface area contributed by atoms with Crippen LogP contribution in [0.1, 0.15) is 39.5 Å². The standard InChI is InChI=1S/C14H21BO2/c1-14(2)11-7-4-8-12-16-15(17-14)13-9-5-3-6-10-13/h3,5-6,9-10H,4,7-8,11-12H2,1-2H3. The molecule has 92 valence electrons. The maximum absolute atomic E-state index is 6.12. The van der Waals surface area contributed by atoms with E-state index in [4.69, 9.17) is 9.31 Å². The molecule has 1 saturated heterocycles. The fourth-order valence-corrected chi connectivity index (χ4v) is 2.18. The summed E-state index contributed by atoms with van der Waals surface area (Å²) >= 11 is 0. The molecule has 0 radical (unpaired) electrons. The van der Waals surface area contributed by atoms with E-state index in [-0.39, 0.29) is 12.7 Å². The summed E-state index contributed by atoms with van der Waals surface area (Å²) in [6.07, 6.45) is 4.68. The van der Waals surface area contributed by atoms with Crippen molar-refractivity contribution in [2.45, 2.75) is 45.1 Å². The van der Waals surface area contributed by atoms with E-state index in [2.05, 4.69) is 26.0 Å². The fourth-order valence-electron chi connectivity index (χ4n) is 2.18. The summed E-state index contributed by atoms with van der Waals surface area (Å²) in [4.78, 5) is 0. The van der Waals surface area contributed by atoms with Gasteiger partial charge in [0.25, 0.3) is 0 Å². The molecule has 0 atom stereocenters. The van der Waals surface area contributed by atoms with Crippen LogP contribution in [0.3, 0.4) is 0 Å². The first-order valence-corrected chi connectivity index (χ1v) is 6.52. The molecule has 0 spiro atoms. The molecule has 0 aliphatic carbocycles. The summed E-state index contributed by atoms with van der Waals surface area (Å²) in [5.74, 6) is 0. The van der Waals surface area contributed by atoms with E-state index in [0.717, 1.165) is 24.9 Å². The molecule has 0 saturated carbocycles. The Morgan fingerprint density at radius 1 is 1.06 bits per heavy atom. The van der Waals surface area contributed by atoms with Gasteiger partial charge in [0.2, 0.25) is 0 Å². The highest BCUT2D eigenvalue weighted by molar-refractivity contribution is 6.61. The maximum atomic E-state index is 6.12. The Morgan fingerprint density at radius 2 is 1.82 bits per heavy atom. The number of rotatable bonds is 1. The summed E-state index contributed by atoms with van der Waals surface area (Å²) in [7, 11) is -0.218. The summed E-state index contributed by atoms with van der Waals surface area (Å²) in [5, 5.41) is 0. The van der Waals surface area contributed by atoms with Gasteiger partial charge in [0.15, 0.2) is 0 Å². The van der Waals surface area contributed by atoms with Crippen LogP contribution in [0.25, 0.3) is 0 Å². The molecular formula is C14H21BO2. The smallest absolute Gasteiger partial charge is 0.407 e. The molecule has 1 aromatic rings. The minimum atomic E-state index is -0.218. The number of hydrogen-bond acceptors (Lipinski definition) is 2. The van der Waals surface area contributed by atoms with Gasteiger partial charge in [-0.15, -0.1) is 0 Å². The molecule has 0 amide bonds. The van der Waals surface area contributed by atoms with Crippen molar-refractivity contribution in [3.63, 3.8) is 0 Å². The predicted molar refractivity (Wildman–Crippen MR) is 71.4 cm³/mol. The zero-order chi connectivity index (χ0) is 12.1. The van der Waals surface area contributed by atoms with E-state index < -0.39 is 0 Å². The lowest BCUT2D eigenvalue weighted by molar-refractivity contribution is 0.0692. The van der Waals surface area contributed by atoms with E-state index in [1.165, 1.54) is 12.8 Å². The third-order valence-corrected chi connectivity index (χ3v) is 3.19. The second-order valence-corrected chi connectivity index (χ2v) is 5.30. The average molecular weight is 232 g/mol. The molecule has 1 aliphatic heterocycles. The van der Waals surface area contributed by atoms with Crippen LogP contribution in [0.15, 0.2) is 30.3 Å². The molecule has 2 nitrogen and oxygen atoms in total. The van der Waals surface area contributed by atoms with E-state index in [1.54, 1.807) is 0 Å². The third kappa shape index (κ3) is 3.86. The van der Waals surface area contributed by atoms with E-state index in [9.17, 15) is 0 Å². The second-order valence-electron chi connectivity index (χ2n) is 5.30. The monoisotopic (exact) mass is 232 g/mol. The van der Waals surface area contributed by atoms with Crippen molar-refractivity contribution in [1.82, 2.24) is 0 Å². The highest BCUT2D eigenvalue weighted by atomic mass is 16.6. The van der Waals surface area contributed by atoms with Gasteiger partial charge in [-0.3, -0.25) is 0 Å². The summed E-state index contributed by atoms with van der Waals surface area (Å²) in [5.41, 5.74) is 1.01. The van der Waals surface area contributed by atoms with Gasteiger partial charge in [0, 0.05) is 12.2 Å². The Morgan fingerprint density at radius 3 is 2.59 bits per heavy atom. The van der Waals surface area contributed by atoms with Crippen LogP contribution in [0.2, 0.25) is 0 Å². The summed E-state index contributed by atoms with van der Waals surface area (Å²) in [6.45, 7) is 5.09.